The average molecular weight is 402 g/mol. The molecule has 1 fully saturated rings. The Morgan fingerprint density at radius 1 is 1.03 bits per heavy atom. The molecule has 0 atom stereocenters. The van der Waals surface area contributed by atoms with Crippen LogP contribution in [0.5, 0.6) is 5.75 Å². The van der Waals surface area contributed by atoms with E-state index in [0.717, 1.165) is 65.8 Å². The number of ether oxygens (including phenoxy) is 1. The van der Waals surface area contributed by atoms with Crippen molar-refractivity contribution in [1.29, 1.82) is 0 Å². The number of fused-ring (bicyclic) bond motifs is 2. The molecule has 6 nitrogen and oxygen atoms in total. The monoisotopic (exact) mass is 402 g/mol. The Morgan fingerprint density at radius 2 is 1.90 bits per heavy atom. The average Bonchev–Trinajstić information content (AvgIpc) is 3.41. The number of rotatable bonds is 5. The molecule has 0 aliphatic carbocycles. The smallest absolute Gasteiger partial charge is 0.270 e. The molecular formula is C24H26N4O2. The fourth-order valence-electron chi connectivity index (χ4n) is 4.18. The number of H-pyrrole nitrogens is 2. The minimum Gasteiger partial charge on any atom is -0.492 e. The van der Waals surface area contributed by atoms with Gasteiger partial charge in [0.15, 0.2) is 0 Å². The van der Waals surface area contributed by atoms with E-state index in [1.54, 1.807) is 0 Å². The number of nitrogens with one attached hydrogen (secondary N) is 2. The molecule has 0 bridgehead atoms. The highest BCUT2D eigenvalue weighted by Gasteiger charge is 2.23. The molecule has 2 aromatic carbocycles. The number of aryl methyl sites for hydroxylation is 1. The molecule has 154 valence electrons. The molecule has 5 rings (SSSR count). The fourth-order valence-corrected chi connectivity index (χ4v) is 4.18. The number of aromatic nitrogens is 2. The van der Waals surface area contributed by atoms with Crippen molar-refractivity contribution in [3.8, 4) is 5.75 Å². The van der Waals surface area contributed by atoms with Crippen molar-refractivity contribution >= 4 is 27.7 Å². The van der Waals surface area contributed by atoms with E-state index in [2.05, 4.69) is 33.9 Å². The standard InChI is InChI=1S/C24H26N4O2/c1-17-3-2-4-19-16-22(26-23(17)19)24(29)28-11-9-27(10-12-28)13-14-30-20-5-6-21-18(15-20)7-8-25-21/h2-8,15-16,25-26H,9-14H2,1H3. The van der Waals surface area contributed by atoms with Crippen LogP contribution in [0.25, 0.3) is 21.8 Å². The van der Waals surface area contributed by atoms with E-state index in [1.807, 2.05) is 47.5 Å². The summed E-state index contributed by atoms with van der Waals surface area (Å²) in [5.41, 5.74) is 4.01. The fraction of sp³-hybridized carbons (Fsp3) is 0.292. The number of hydrogen-bond donors (Lipinski definition) is 2. The van der Waals surface area contributed by atoms with Crippen molar-refractivity contribution in [2.45, 2.75) is 6.92 Å². The zero-order valence-corrected chi connectivity index (χ0v) is 17.1. The van der Waals surface area contributed by atoms with Crippen LogP contribution in [-0.4, -0.2) is 65.0 Å². The van der Waals surface area contributed by atoms with Crippen molar-refractivity contribution in [2.24, 2.45) is 0 Å². The Balaban J connectivity index is 1.13. The lowest BCUT2D eigenvalue weighted by molar-refractivity contribution is 0.0615. The summed E-state index contributed by atoms with van der Waals surface area (Å²) in [6.45, 7) is 6.77. The Hall–Kier alpha value is -3.25. The first kappa shape index (κ1) is 18.8. The molecule has 1 aliphatic heterocycles. The van der Waals surface area contributed by atoms with E-state index in [1.165, 1.54) is 0 Å². The summed E-state index contributed by atoms with van der Waals surface area (Å²) < 4.78 is 5.93. The highest BCUT2D eigenvalue weighted by Crippen LogP contribution is 2.21. The normalized spacial score (nSPS) is 15.2. The number of aromatic amines is 2. The minimum absolute atomic E-state index is 0.0845. The zero-order valence-electron chi connectivity index (χ0n) is 17.1. The summed E-state index contributed by atoms with van der Waals surface area (Å²) in [6, 6.07) is 16.2. The lowest BCUT2D eigenvalue weighted by Gasteiger charge is -2.34. The van der Waals surface area contributed by atoms with Crippen molar-refractivity contribution in [3.05, 3.63) is 66.0 Å². The van der Waals surface area contributed by atoms with E-state index in [-0.39, 0.29) is 5.91 Å². The number of carbonyl (C=O) groups excluding carboxylic acids is 1. The van der Waals surface area contributed by atoms with E-state index < -0.39 is 0 Å². The summed E-state index contributed by atoms with van der Waals surface area (Å²) in [4.78, 5) is 23.7. The van der Waals surface area contributed by atoms with Gasteiger partial charge in [-0.15, -0.1) is 0 Å². The summed E-state index contributed by atoms with van der Waals surface area (Å²) in [7, 11) is 0. The van der Waals surface area contributed by atoms with Crippen LogP contribution in [0.2, 0.25) is 0 Å². The van der Waals surface area contributed by atoms with Gasteiger partial charge in [0.1, 0.15) is 18.1 Å². The van der Waals surface area contributed by atoms with Crippen LogP contribution >= 0.6 is 0 Å². The molecule has 30 heavy (non-hydrogen) atoms. The first-order valence-corrected chi connectivity index (χ1v) is 10.5. The quantitative estimate of drug-likeness (QED) is 0.534. The summed E-state index contributed by atoms with van der Waals surface area (Å²) in [6.07, 6.45) is 1.94. The van der Waals surface area contributed by atoms with Crippen molar-refractivity contribution in [1.82, 2.24) is 19.8 Å². The summed E-state index contributed by atoms with van der Waals surface area (Å²) in [5, 5.41) is 2.25. The molecule has 6 heteroatoms. The molecule has 0 unspecified atom stereocenters. The first-order chi connectivity index (χ1) is 14.7. The van der Waals surface area contributed by atoms with Gasteiger partial charge in [-0.05, 0) is 42.8 Å². The van der Waals surface area contributed by atoms with Gasteiger partial charge in [-0.1, -0.05) is 18.2 Å². The lowest BCUT2D eigenvalue weighted by atomic mass is 10.2. The maximum Gasteiger partial charge on any atom is 0.270 e. The van der Waals surface area contributed by atoms with Crippen LogP contribution in [0.1, 0.15) is 16.1 Å². The number of hydrogen-bond acceptors (Lipinski definition) is 3. The largest absolute Gasteiger partial charge is 0.492 e. The van der Waals surface area contributed by atoms with Gasteiger partial charge in [0.2, 0.25) is 0 Å². The number of carbonyl (C=O) groups is 1. The van der Waals surface area contributed by atoms with Gasteiger partial charge in [-0.3, -0.25) is 9.69 Å². The number of nitrogens with zero attached hydrogens (tertiary/aromatic N) is 2. The van der Waals surface area contributed by atoms with Crippen LogP contribution in [0.3, 0.4) is 0 Å². The molecular weight excluding hydrogens is 376 g/mol. The second kappa shape index (κ2) is 7.88. The number of piperazine rings is 1. The van der Waals surface area contributed by atoms with Gasteiger partial charge in [-0.25, -0.2) is 0 Å². The van der Waals surface area contributed by atoms with Gasteiger partial charge >= 0.3 is 0 Å². The molecule has 4 aromatic rings. The van der Waals surface area contributed by atoms with E-state index in [9.17, 15) is 4.79 Å². The zero-order chi connectivity index (χ0) is 20.5. The van der Waals surface area contributed by atoms with Crippen LogP contribution in [0, 0.1) is 6.92 Å². The third kappa shape index (κ3) is 3.66. The van der Waals surface area contributed by atoms with Crippen LogP contribution < -0.4 is 4.74 Å². The highest BCUT2D eigenvalue weighted by atomic mass is 16.5. The highest BCUT2D eigenvalue weighted by molar-refractivity contribution is 5.98. The number of para-hydroxylation sites is 1. The maximum atomic E-state index is 12.9. The predicted molar refractivity (Wildman–Crippen MR) is 119 cm³/mol. The molecule has 1 aliphatic rings. The Kier molecular flexibility index (Phi) is 4.93. The molecule has 0 radical (unpaired) electrons. The molecule has 2 N–H and O–H groups in total. The van der Waals surface area contributed by atoms with Gasteiger partial charge in [0, 0.05) is 60.7 Å². The number of benzene rings is 2. The summed E-state index contributed by atoms with van der Waals surface area (Å²) >= 11 is 0. The van der Waals surface area contributed by atoms with Crippen LogP contribution in [0.4, 0.5) is 0 Å². The molecule has 0 saturated carbocycles. The number of amides is 1. The molecule has 1 saturated heterocycles. The van der Waals surface area contributed by atoms with E-state index in [0.29, 0.717) is 12.3 Å². The lowest BCUT2D eigenvalue weighted by Crippen LogP contribution is -2.49. The van der Waals surface area contributed by atoms with Gasteiger partial charge in [-0.2, -0.15) is 0 Å². The third-order valence-corrected chi connectivity index (χ3v) is 5.96. The van der Waals surface area contributed by atoms with Crippen molar-refractivity contribution in [3.63, 3.8) is 0 Å². The van der Waals surface area contributed by atoms with Crippen molar-refractivity contribution < 1.29 is 9.53 Å². The SMILES string of the molecule is Cc1cccc2cc(C(=O)N3CCN(CCOc4ccc5[nH]ccc5c4)CC3)[nH]c12. The third-order valence-electron chi connectivity index (χ3n) is 5.96. The molecule has 1 amide bonds. The summed E-state index contributed by atoms with van der Waals surface area (Å²) in [5.74, 6) is 0.978. The van der Waals surface area contributed by atoms with Crippen molar-refractivity contribution in [2.75, 3.05) is 39.3 Å². The van der Waals surface area contributed by atoms with Gasteiger partial charge in [0.25, 0.3) is 5.91 Å². The van der Waals surface area contributed by atoms with Crippen LogP contribution in [0.15, 0.2) is 54.7 Å². The second-order valence-corrected chi connectivity index (χ2v) is 7.93. The first-order valence-electron chi connectivity index (χ1n) is 10.5. The molecule has 2 aromatic heterocycles. The minimum atomic E-state index is 0.0845. The van der Waals surface area contributed by atoms with E-state index >= 15 is 0 Å². The van der Waals surface area contributed by atoms with Crippen LogP contribution in [-0.2, 0) is 0 Å². The molecule has 0 spiro atoms. The topological polar surface area (TPSA) is 64.4 Å². The second-order valence-electron chi connectivity index (χ2n) is 7.93. The van der Waals surface area contributed by atoms with Gasteiger partial charge in [0.05, 0.1) is 0 Å². The predicted octanol–water partition coefficient (Wildman–Crippen LogP) is 3.79. The Labute approximate surface area is 175 Å². The Bertz CT molecular complexity index is 1180. The molecule has 3 heterocycles. The van der Waals surface area contributed by atoms with Gasteiger partial charge < -0.3 is 19.6 Å². The maximum absolute atomic E-state index is 12.9. The van der Waals surface area contributed by atoms with E-state index in [4.69, 9.17) is 4.74 Å². The Morgan fingerprint density at radius 3 is 2.73 bits per heavy atom.